The quantitative estimate of drug-likeness (QED) is 0.466. The van der Waals surface area contributed by atoms with Crippen molar-refractivity contribution in [2.75, 3.05) is 7.05 Å². The van der Waals surface area contributed by atoms with Crippen molar-refractivity contribution in [3.05, 3.63) is 0 Å². The zero-order chi connectivity index (χ0) is 12.9. The summed E-state index contributed by atoms with van der Waals surface area (Å²) >= 11 is 0. The molecule has 0 radical (unpaired) electrons. The van der Waals surface area contributed by atoms with Crippen LogP contribution in [-0.2, 0) is 0 Å². The van der Waals surface area contributed by atoms with E-state index in [4.69, 9.17) is 0 Å². The number of nitrogens with one attached hydrogen (secondary N) is 1. The predicted octanol–water partition coefficient (Wildman–Crippen LogP) is 5.15. The number of unbranched alkanes of at least 4 members (excludes halogenated alkanes) is 6. The van der Waals surface area contributed by atoms with Gasteiger partial charge >= 0.3 is 0 Å². The third kappa shape index (κ3) is 10.8. The molecule has 0 saturated carbocycles. The summed E-state index contributed by atoms with van der Waals surface area (Å²) in [5.74, 6) is 0.872. The van der Waals surface area contributed by atoms with Gasteiger partial charge in [0, 0.05) is 6.04 Å². The maximum Gasteiger partial charge on any atom is 0.00665 e. The first-order valence-corrected chi connectivity index (χ1v) is 7.91. The molecule has 0 aliphatic rings. The Hall–Kier alpha value is -0.0400. The lowest BCUT2D eigenvalue weighted by Gasteiger charge is -2.19. The molecule has 0 rings (SSSR count). The molecule has 2 unspecified atom stereocenters. The Balaban J connectivity index is 3.37. The second-order valence-electron chi connectivity index (χ2n) is 5.64. The minimum atomic E-state index is 0.751. The molecule has 0 aromatic rings. The van der Waals surface area contributed by atoms with Gasteiger partial charge in [0.15, 0.2) is 0 Å². The Morgan fingerprint density at radius 3 is 2.00 bits per heavy atom. The molecule has 17 heavy (non-hydrogen) atoms. The maximum atomic E-state index is 3.48. The van der Waals surface area contributed by atoms with Gasteiger partial charge in [0.25, 0.3) is 0 Å². The number of hydrogen-bond donors (Lipinski definition) is 1. The first-order chi connectivity index (χ1) is 8.24. The second kappa shape index (κ2) is 12.4. The average molecular weight is 241 g/mol. The molecule has 0 aliphatic heterocycles. The molecule has 0 bridgehead atoms. The summed E-state index contributed by atoms with van der Waals surface area (Å²) in [5.41, 5.74) is 0. The van der Waals surface area contributed by atoms with E-state index in [9.17, 15) is 0 Å². The van der Waals surface area contributed by atoms with Crippen molar-refractivity contribution in [3.63, 3.8) is 0 Å². The van der Waals surface area contributed by atoms with Crippen LogP contribution in [0.2, 0.25) is 0 Å². The van der Waals surface area contributed by atoms with Gasteiger partial charge in [-0.3, -0.25) is 0 Å². The zero-order valence-corrected chi connectivity index (χ0v) is 12.7. The van der Waals surface area contributed by atoms with Crippen molar-refractivity contribution in [2.24, 2.45) is 5.92 Å². The van der Waals surface area contributed by atoms with Crippen molar-refractivity contribution in [3.8, 4) is 0 Å². The van der Waals surface area contributed by atoms with Crippen LogP contribution < -0.4 is 5.32 Å². The standard InChI is InChI=1S/C16H35N/c1-5-7-8-9-10-11-12-13-16(17-4)14-15(3)6-2/h15-17H,5-14H2,1-4H3. The van der Waals surface area contributed by atoms with E-state index in [1.807, 2.05) is 0 Å². The summed E-state index contributed by atoms with van der Waals surface area (Å²) in [6.45, 7) is 6.95. The van der Waals surface area contributed by atoms with Crippen LogP contribution in [0.4, 0.5) is 0 Å². The molecule has 0 aromatic heterocycles. The lowest BCUT2D eigenvalue weighted by Crippen LogP contribution is -2.27. The van der Waals surface area contributed by atoms with Crippen LogP contribution in [0, 0.1) is 5.92 Å². The Labute approximate surface area is 110 Å². The largest absolute Gasteiger partial charge is 0.317 e. The normalized spacial score (nSPS) is 14.8. The van der Waals surface area contributed by atoms with Gasteiger partial charge in [0.1, 0.15) is 0 Å². The summed E-state index contributed by atoms with van der Waals surface area (Å²) in [7, 11) is 2.12. The van der Waals surface area contributed by atoms with E-state index in [0.29, 0.717) is 0 Å². The molecule has 0 saturated heterocycles. The van der Waals surface area contributed by atoms with Crippen LogP contribution in [-0.4, -0.2) is 13.1 Å². The Morgan fingerprint density at radius 2 is 1.47 bits per heavy atom. The minimum Gasteiger partial charge on any atom is -0.317 e. The third-order valence-electron chi connectivity index (χ3n) is 3.95. The number of rotatable bonds is 12. The number of hydrogen-bond acceptors (Lipinski definition) is 1. The van der Waals surface area contributed by atoms with Gasteiger partial charge in [-0.25, -0.2) is 0 Å². The fourth-order valence-corrected chi connectivity index (χ4v) is 2.38. The molecular weight excluding hydrogens is 206 g/mol. The summed E-state index contributed by atoms with van der Waals surface area (Å²) in [5, 5.41) is 3.48. The van der Waals surface area contributed by atoms with Gasteiger partial charge in [0.2, 0.25) is 0 Å². The highest BCUT2D eigenvalue weighted by Crippen LogP contribution is 2.15. The lowest BCUT2D eigenvalue weighted by molar-refractivity contribution is 0.383. The Morgan fingerprint density at radius 1 is 0.882 bits per heavy atom. The molecule has 2 atom stereocenters. The van der Waals surface area contributed by atoms with Crippen LogP contribution in [0.5, 0.6) is 0 Å². The highest BCUT2D eigenvalue weighted by Gasteiger charge is 2.09. The molecule has 0 heterocycles. The molecule has 0 amide bonds. The van der Waals surface area contributed by atoms with Crippen molar-refractivity contribution >= 4 is 0 Å². The predicted molar refractivity (Wildman–Crippen MR) is 79.5 cm³/mol. The minimum absolute atomic E-state index is 0.751. The first-order valence-electron chi connectivity index (χ1n) is 7.91. The van der Waals surface area contributed by atoms with Crippen molar-refractivity contribution in [1.82, 2.24) is 5.32 Å². The zero-order valence-electron chi connectivity index (χ0n) is 12.7. The van der Waals surface area contributed by atoms with E-state index < -0.39 is 0 Å². The monoisotopic (exact) mass is 241 g/mol. The van der Waals surface area contributed by atoms with Gasteiger partial charge in [0.05, 0.1) is 0 Å². The molecule has 1 heteroatoms. The first kappa shape index (κ1) is 17.0. The van der Waals surface area contributed by atoms with E-state index >= 15 is 0 Å². The second-order valence-corrected chi connectivity index (χ2v) is 5.64. The molecule has 0 aliphatic carbocycles. The fraction of sp³-hybridized carbons (Fsp3) is 1.00. The maximum absolute atomic E-state index is 3.48. The van der Waals surface area contributed by atoms with E-state index in [-0.39, 0.29) is 0 Å². The summed E-state index contributed by atoms with van der Waals surface area (Å²) in [6, 6.07) is 0.751. The van der Waals surface area contributed by atoms with Crippen molar-refractivity contribution in [1.29, 1.82) is 0 Å². The molecule has 1 nitrogen and oxygen atoms in total. The van der Waals surface area contributed by atoms with Crippen LogP contribution in [0.3, 0.4) is 0 Å². The Bertz CT molecular complexity index is 144. The summed E-state index contributed by atoms with van der Waals surface area (Å²) in [4.78, 5) is 0. The topological polar surface area (TPSA) is 12.0 Å². The SMILES string of the molecule is CCCCCCCCCC(CC(C)CC)NC. The van der Waals surface area contributed by atoms with Gasteiger partial charge in [-0.1, -0.05) is 72.1 Å². The fourth-order valence-electron chi connectivity index (χ4n) is 2.38. The van der Waals surface area contributed by atoms with E-state index in [0.717, 1.165) is 12.0 Å². The molecule has 0 spiro atoms. The van der Waals surface area contributed by atoms with Crippen LogP contribution in [0.25, 0.3) is 0 Å². The molecule has 1 N–H and O–H groups in total. The average Bonchev–Trinajstić information content (AvgIpc) is 2.35. The van der Waals surface area contributed by atoms with Crippen molar-refractivity contribution < 1.29 is 0 Å². The van der Waals surface area contributed by atoms with Crippen LogP contribution >= 0.6 is 0 Å². The highest BCUT2D eigenvalue weighted by atomic mass is 14.9. The van der Waals surface area contributed by atoms with Crippen molar-refractivity contribution in [2.45, 2.75) is 91.0 Å². The van der Waals surface area contributed by atoms with Gasteiger partial charge in [-0.15, -0.1) is 0 Å². The van der Waals surface area contributed by atoms with E-state index in [2.05, 4.69) is 33.1 Å². The summed E-state index contributed by atoms with van der Waals surface area (Å²) in [6.07, 6.45) is 14.0. The van der Waals surface area contributed by atoms with E-state index in [1.54, 1.807) is 0 Å². The van der Waals surface area contributed by atoms with Gasteiger partial charge in [-0.2, -0.15) is 0 Å². The van der Waals surface area contributed by atoms with Gasteiger partial charge in [-0.05, 0) is 25.8 Å². The lowest BCUT2D eigenvalue weighted by atomic mass is 9.95. The molecule has 0 aromatic carbocycles. The summed E-state index contributed by atoms with van der Waals surface area (Å²) < 4.78 is 0. The van der Waals surface area contributed by atoms with Crippen LogP contribution in [0.15, 0.2) is 0 Å². The highest BCUT2D eigenvalue weighted by molar-refractivity contribution is 4.67. The Kier molecular flexibility index (Phi) is 12.4. The van der Waals surface area contributed by atoms with Crippen LogP contribution in [0.1, 0.15) is 85.0 Å². The molecule has 0 fully saturated rings. The molecular formula is C16H35N. The van der Waals surface area contributed by atoms with E-state index in [1.165, 1.54) is 64.2 Å². The molecule has 104 valence electrons. The smallest absolute Gasteiger partial charge is 0.00665 e. The third-order valence-corrected chi connectivity index (χ3v) is 3.95. The van der Waals surface area contributed by atoms with Gasteiger partial charge < -0.3 is 5.32 Å².